The molecule has 0 heterocycles. The van der Waals surface area contributed by atoms with Crippen molar-refractivity contribution < 1.29 is 14.3 Å². The summed E-state index contributed by atoms with van der Waals surface area (Å²) in [6.45, 7) is 1.66. The van der Waals surface area contributed by atoms with Crippen LogP contribution in [0.1, 0.15) is 46.3 Å². The van der Waals surface area contributed by atoms with E-state index in [-0.39, 0.29) is 12.3 Å². The monoisotopic (exact) mass is 344 g/mol. The lowest BCUT2D eigenvalue weighted by Gasteiger charge is -2.19. The third kappa shape index (κ3) is 4.06. The molecule has 130 valence electrons. The van der Waals surface area contributed by atoms with Gasteiger partial charge in [-0.2, -0.15) is 0 Å². The van der Waals surface area contributed by atoms with Crippen LogP contribution in [-0.2, 0) is 9.53 Å². The number of hydrogen-bond donors (Lipinski definition) is 0. The highest BCUT2D eigenvalue weighted by molar-refractivity contribution is 5.96. The highest BCUT2D eigenvalue weighted by atomic mass is 16.6. The van der Waals surface area contributed by atoms with Crippen LogP contribution in [-0.4, -0.2) is 11.9 Å². The minimum Gasteiger partial charge on any atom is -0.389 e. The molecule has 0 aliphatic heterocycles. The number of rotatable bonds is 5. The number of ether oxygens (including phenoxy) is 1. The van der Waals surface area contributed by atoms with Crippen molar-refractivity contribution in [1.29, 1.82) is 0 Å². The maximum absolute atomic E-state index is 12.0. The first-order valence-electron chi connectivity index (χ1n) is 8.64. The Kier molecular flexibility index (Phi) is 5.59. The van der Waals surface area contributed by atoms with Crippen LogP contribution in [0.5, 0.6) is 0 Å². The van der Waals surface area contributed by atoms with Crippen LogP contribution in [0.2, 0.25) is 0 Å². The molecule has 3 aromatic rings. The van der Waals surface area contributed by atoms with Crippen LogP contribution in [0.4, 0.5) is 0 Å². The molecule has 3 nitrogen and oxygen atoms in total. The standard InChI is InChI=1S/C23H20O3/c1-2-21(24)26-23(25)20-15-13-19(14-16-20)22(17-9-5-3-6-10-17)18-11-7-4-8-12-18/h3-16,22H,2H2,1H3. The average Bonchev–Trinajstić information content (AvgIpc) is 2.70. The minimum atomic E-state index is -0.612. The van der Waals surface area contributed by atoms with Gasteiger partial charge in [0.2, 0.25) is 0 Å². The number of esters is 2. The van der Waals surface area contributed by atoms with E-state index >= 15 is 0 Å². The molecule has 0 radical (unpaired) electrons. The molecule has 3 heteroatoms. The summed E-state index contributed by atoms with van der Waals surface area (Å²) in [4.78, 5) is 23.3. The maximum atomic E-state index is 12.0. The Morgan fingerprint density at radius 2 is 1.19 bits per heavy atom. The summed E-state index contributed by atoms with van der Waals surface area (Å²) in [5.74, 6) is -1.07. The fraction of sp³-hybridized carbons (Fsp3) is 0.130. The number of hydrogen-bond acceptors (Lipinski definition) is 3. The van der Waals surface area contributed by atoms with Gasteiger partial charge < -0.3 is 4.74 Å². The van der Waals surface area contributed by atoms with Crippen LogP contribution < -0.4 is 0 Å². The number of carbonyl (C=O) groups excluding carboxylic acids is 2. The maximum Gasteiger partial charge on any atom is 0.345 e. The predicted octanol–water partition coefficient (Wildman–Crippen LogP) is 4.96. The molecule has 0 aromatic heterocycles. The number of benzene rings is 3. The second-order valence-corrected chi connectivity index (χ2v) is 5.99. The van der Waals surface area contributed by atoms with E-state index in [1.54, 1.807) is 19.1 Å². The van der Waals surface area contributed by atoms with Crippen LogP contribution in [0.25, 0.3) is 0 Å². The lowest BCUT2D eigenvalue weighted by Crippen LogP contribution is -2.11. The zero-order valence-corrected chi connectivity index (χ0v) is 14.6. The Hall–Kier alpha value is -3.20. The van der Waals surface area contributed by atoms with E-state index in [2.05, 4.69) is 24.3 Å². The van der Waals surface area contributed by atoms with Gasteiger partial charge in [0, 0.05) is 12.3 Å². The molecular weight excluding hydrogens is 324 g/mol. The largest absolute Gasteiger partial charge is 0.389 e. The van der Waals surface area contributed by atoms with Crippen LogP contribution in [0.3, 0.4) is 0 Å². The van der Waals surface area contributed by atoms with Crippen LogP contribution in [0.15, 0.2) is 84.9 Å². The Morgan fingerprint density at radius 3 is 1.65 bits per heavy atom. The Bertz CT molecular complexity index is 829. The van der Waals surface area contributed by atoms with Crippen molar-refractivity contribution in [2.75, 3.05) is 0 Å². The highest BCUT2D eigenvalue weighted by Crippen LogP contribution is 2.31. The van der Waals surface area contributed by atoms with Crippen molar-refractivity contribution in [1.82, 2.24) is 0 Å². The average molecular weight is 344 g/mol. The Morgan fingerprint density at radius 1 is 0.731 bits per heavy atom. The van der Waals surface area contributed by atoms with E-state index in [1.807, 2.05) is 48.5 Å². The second-order valence-electron chi connectivity index (χ2n) is 5.99. The van der Waals surface area contributed by atoms with Gasteiger partial charge in [0.25, 0.3) is 0 Å². The summed E-state index contributed by atoms with van der Waals surface area (Å²) in [5, 5.41) is 0. The van der Waals surface area contributed by atoms with Crippen molar-refractivity contribution in [3.63, 3.8) is 0 Å². The predicted molar refractivity (Wildman–Crippen MR) is 101 cm³/mol. The smallest absolute Gasteiger partial charge is 0.345 e. The lowest BCUT2D eigenvalue weighted by molar-refractivity contribution is -0.137. The van der Waals surface area contributed by atoms with Gasteiger partial charge in [-0.15, -0.1) is 0 Å². The van der Waals surface area contributed by atoms with Crippen LogP contribution in [0, 0.1) is 0 Å². The summed E-state index contributed by atoms with van der Waals surface area (Å²) in [6.07, 6.45) is 0.175. The zero-order chi connectivity index (χ0) is 18.4. The molecule has 0 saturated carbocycles. The van der Waals surface area contributed by atoms with E-state index < -0.39 is 11.9 Å². The van der Waals surface area contributed by atoms with Gasteiger partial charge in [0.15, 0.2) is 0 Å². The van der Waals surface area contributed by atoms with Gasteiger partial charge in [-0.1, -0.05) is 79.7 Å². The van der Waals surface area contributed by atoms with Gasteiger partial charge in [-0.25, -0.2) is 4.79 Å². The summed E-state index contributed by atoms with van der Waals surface area (Å²) in [5.41, 5.74) is 3.79. The zero-order valence-electron chi connectivity index (χ0n) is 14.6. The van der Waals surface area contributed by atoms with Crippen molar-refractivity contribution in [2.24, 2.45) is 0 Å². The van der Waals surface area contributed by atoms with Gasteiger partial charge >= 0.3 is 11.9 Å². The second kappa shape index (κ2) is 8.26. The summed E-state index contributed by atoms with van der Waals surface area (Å²) < 4.78 is 4.78. The molecule has 0 atom stereocenters. The van der Waals surface area contributed by atoms with Crippen LogP contribution >= 0.6 is 0 Å². The van der Waals surface area contributed by atoms with Crippen molar-refractivity contribution >= 4 is 11.9 Å². The normalized spacial score (nSPS) is 10.5. The molecule has 0 fully saturated rings. The summed E-state index contributed by atoms with van der Waals surface area (Å²) in [6, 6.07) is 27.7. The molecule has 3 aromatic carbocycles. The topological polar surface area (TPSA) is 43.4 Å². The van der Waals surface area contributed by atoms with Gasteiger partial charge in [-0.3, -0.25) is 4.79 Å². The van der Waals surface area contributed by atoms with E-state index in [4.69, 9.17) is 4.74 Å². The van der Waals surface area contributed by atoms with Crippen molar-refractivity contribution in [3.05, 3.63) is 107 Å². The minimum absolute atomic E-state index is 0.0692. The SMILES string of the molecule is CCC(=O)OC(=O)c1ccc(C(c2ccccc2)c2ccccc2)cc1. The molecular formula is C23H20O3. The fourth-order valence-electron chi connectivity index (χ4n) is 2.91. The number of carbonyl (C=O) groups is 2. The first kappa shape index (κ1) is 17.6. The fourth-order valence-corrected chi connectivity index (χ4v) is 2.91. The van der Waals surface area contributed by atoms with E-state index in [9.17, 15) is 9.59 Å². The molecule has 26 heavy (non-hydrogen) atoms. The van der Waals surface area contributed by atoms with Crippen molar-refractivity contribution in [2.45, 2.75) is 19.3 Å². The third-order valence-electron chi connectivity index (χ3n) is 4.24. The molecule has 0 aliphatic carbocycles. The van der Waals surface area contributed by atoms with Gasteiger partial charge in [-0.05, 0) is 28.8 Å². The molecule has 0 spiro atoms. The quantitative estimate of drug-likeness (QED) is 0.373. The van der Waals surface area contributed by atoms with Crippen molar-refractivity contribution in [3.8, 4) is 0 Å². The molecule has 3 rings (SSSR count). The third-order valence-corrected chi connectivity index (χ3v) is 4.24. The van der Waals surface area contributed by atoms with E-state index in [1.165, 1.54) is 11.1 Å². The summed E-state index contributed by atoms with van der Waals surface area (Å²) >= 11 is 0. The highest BCUT2D eigenvalue weighted by Gasteiger charge is 2.18. The van der Waals surface area contributed by atoms with Gasteiger partial charge in [0.1, 0.15) is 0 Å². The Labute approximate surface area is 153 Å². The molecule has 0 unspecified atom stereocenters. The molecule has 0 saturated heterocycles. The van der Waals surface area contributed by atoms with E-state index in [0.29, 0.717) is 5.56 Å². The first-order valence-corrected chi connectivity index (χ1v) is 8.64. The summed E-state index contributed by atoms with van der Waals surface area (Å²) in [7, 11) is 0. The molecule has 0 N–H and O–H groups in total. The van der Waals surface area contributed by atoms with E-state index in [0.717, 1.165) is 5.56 Å². The molecule has 0 aliphatic rings. The lowest BCUT2D eigenvalue weighted by atomic mass is 9.85. The molecule has 0 amide bonds. The Balaban J connectivity index is 1.93. The van der Waals surface area contributed by atoms with Gasteiger partial charge in [0.05, 0.1) is 5.56 Å². The molecule has 0 bridgehead atoms. The first-order chi connectivity index (χ1) is 12.7.